The van der Waals surface area contributed by atoms with Crippen molar-refractivity contribution < 1.29 is 9.13 Å². The Hall–Kier alpha value is -1.33. The van der Waals surface area contributed by atoms with Crippen LogP contribution < -0.4 is 0 Å². The molecule has 0 N–H and O–H groups in total. The van der Waals surface area contributed by atoms with E-state index in [1.54, 1.807) is 6.92 Å². The number of benzene rings is 1. The highest BCUT2D eigenvalue weighted by molar-refractivity contribution is 5.13. The van der Waals surface area contributed by atoms with Crippen LogP contribution >= 0.6 is 0 Å². The summed E-state index contributed by atoms with van der Waals surface area (Å²) in [5.74, 6) is 4.90. The lowest BCUT2D eigenvalue weighted by Crippen LogP contribution is -2.07. The summed E-state index contributed by atoms with van der Waals surface area (Å²) in [6.45, 7) is 2.09. The monoisotopic (exact) mass is 192 g/mol. The van der Waals surface area contributed by atoms with Crippen molar-refractivity contribution in [1.29, 1.82) is 0 Å². The van der Waals surface area contributed by atoms with Crippen molar-refractivity contribution in [3.05, 3.63) is 35.9 Å². The van der Waals surface area contributed by atoms with E-state index in [4.69, 9.17) is 4.74 Å². The molecule has 0 fully saturated rings. The van der Waals surface area contributed by atoms with Crippen LogP contribution in [0.3, 0.4) is 0 Å². The molecule has 0 saturated carbocycles. The van der Waals surface area contributed by atoms with Crippen molar-refractivity contribution in [3.8, 4) is 11.8 Å². The highest BCUT2D eigenvalue weighted by Gasteiger charge is 2.00. The van der Waals surface area contributed by atoms with E-state index in [0.29, 0.717) is 6.61 Å². The minimum atomic E-state index is -1.18. The first-order valence-electron chi connectivity index (χ1n) is 4.51. The van der Waals surface area contributed by atoms with Crippen molar-refractivity contribution in [1.82, 2.24) is 0 Å². The van der Waals surface area contributed by atoms with E-state index in [9.17, 15) is 4.39 Å². The average molecular weight is 192 g/mol. The van der Waals surface area contributed by atoms with Crippen LogP contribution in [0.5, 0.6) is 0 Å². The zero-order valence-corrected chi connectivity index (χ0v) is 8.16. The first-order valence-corrected chi connectivity index (χ1v) is 4.51. The van der Waals surface area contributed by atoms with Gasteiger partial charge in [-0.25, -0.2) is 4.39 Å². The Morgan fingerprint density at radius 2 is 2.07 bits per heavy atom. The van der Waals surface area contributed by atoms with Crippen LogP contribution in [0.1, 0.15) is 12.5 Å². The minimum Gasteiger partial charge on any atom is -0.373 e. The van der Waals surface area contributed by atoms with E-state index in [-0.39, 0.29) is 6.61 Å². The van der Waals surface area contributed by atoms with E-state index in [1.807, 2.05) is 30.3 Å². The quantitative estimate of drug-likeness (QED) is 0.666. The Bertz CT molecular complexity index is 310. The average Bonchev–Trinajstić information content (AvgIpc) is 2.20. The highest BCUT2D eigenvalue weighted by atomic mass is 19.1. The number of hydrogen-bond donors (Lipinski definition) is 0. The minimum absolute atomic E-state index is 0.0374. The lowest BCUT2D eigenvalue weighted by molar-refractivity contribution is 0.0880. The molecule has 0 saturated heterocycles. The van der Waals surface area contributed by atoms with Gasteiger partial charge >= 0.3 is 0 Å². The van der Waals surface area contributed by atoms with Crippen molar-refractivity contribution in [2.75, 3.05) is 6.61 Å². The Balaban J connectivity index is 2.24. The van der Waals surface area contributed by atoms with Crippen LogP contribution in [-0.2, 0) is 11.3 Å². The van der Waals surface area contributed by atoms with Crippen LogP contribution in [0.25, 0.3) is 0 Å². The predicted octanol–water partition coefficient (Wildman–Crippen LogP) is 2.56. The summed E-state index contributed by atoms with van der Waals surface area (Å²) < 4.78 is 18.0. The van der Waals surface area contributed by atoms with Gasteiger partial charge in [0.2, 0.25) is 0 Å². The summed E-state index contributed by atoms with van der Waals surface area (Å²) >= 11 is 0. The fourth-order valence-corrected chi connectivity index (χ4v) is 1.05. The molecule has 14 heavy (non-hydrogen) atoms. The zero-order chi connectivity index (χ0) is 10.2. The summed E-state index contributed by atoms with van der Waals surface area (Å²) in [6, 6.07) is 9.68. The maximum absolute atomic E-state index is 12.8. The second-order valence-electron chi connectivity index (χ2n) is 2.86. The summed E-state index contributed by atoms with van der Waals surface area (Å²) in [7, 11) is 0. The Morgan fingerprint density at radius 1 is 1.36 bits per heavy atom. The lowest BCUT2D eigenvalue weighted by atomic mass is 10.2. The van der Waals surface area contributed by atoms with Gasteiger partial charge in [0.05, 0.1) is 13.2 Å². The van der Waals surface area contributed by atoms with Crippen molar-refractivity contribution in [2.45, 2.75) is 19.7 Å². The second kappa shape index (κ2) is 6.17. The largest absolute Gasteiger partial charge is 0.373 e. The summed E-state index contributed by atoms with van der Waals surface area (Å²) in [5.41, 5.74) is 1.05. The normalized spacial score (nSPS) is 11.6. The summed E-state index contributed by atoms with van der Waals surface area (Å²) in [5, 5.41) is 0. The van der Waals surface area contributed by atoms with Crippen molar-refractivity contribution in [3.63, 3.8) is 0 Å². The van der Waals surface area contributed by atoms with Crippen LogP contribution in [-0.4, -0.2) is 12.8 Å². The van der Waals surface area contributed by atoms with E-state index < -0.39 is 6.17 Å². The molecule has 2 heteroatoms. The van der Waals surface area contributed by atoms with Gasteiger partial charge in [-0.1, -0.05) is 36.3 Å². The van der Waals surface area contributed by atoms with Crippen LogP contribution in [0.15, 0.2) is 30.3 Å². The molecule has 0 bridgehead atoms. The van der Waals surface area contributed by atoms with Crippen LogP contribution in [0.2, 0.25) is 0 Å². The smallest absolute Gasteiger partial charge is 0.183 e. The fraction of sp³-hybridized carbons (Fsp3) is 0.333. The van der Waals surface area contributed by atoms with Crippen molar-refractivity contribution in [2.24, 2.45) is 0 Å². The van der Waals surface area contributed by atoms with E-state index in [2.05, 4.69) is 11.8 Å². The molecule has 0 unspecified atom stereocenters. The molecular formula is C12H13FO. The van der Waals surface area contributed by atoms with Gasteiger partial charge in [-0.2, -0.15) is 0 Å². The number of hydrogen-bond acceptors (Lipinski definition) is 1. The van der Waals surface area contributed by atoms with Gasteiger partial charge < -0.3 is 4.74 Å². The van der Waals surface area contributed by atoms with Gasteiger partial charge in [-0.3, -0.25) is 0 Å². The van der Waals surface area contributed by atoms with Crippen LogP contribution in [0, 0.1) is 11.8 Å². The molecule has 0 radical (unpaired) electrons. The SMILES string of the molecule is CC#C[C@H](F)COCc1ccccc1. The zero-order valence-electron chi connectivity index (χ0n) is 8.16. The fourth-order valence-electron chi connectivity index (χ4n) is 1.05. The lowest BCUT2D eigenvalue weighted by Gasteiger charge is -2.03. The maximum Gasteiger partial charge on any atom is 0.183 e. The third kappa shape index (κ3) is 4.06. The Labute approximate surface area is 83.9 Å². The van der Waals surface area contributed by atoms with Gasteiger partial charge in [-0.15, -0.1) is 5.92 Å². The predicted molar refractivity (Wildman–Crippen MR) is 54.4 cm³/mol. The number of alkyl halides is 1. The summed E-state index contributed by atoms with van der Waals surface area (Å²) in [4.78, 5) is 0. The molecule has 1 aromatic rings. The molecule has 1 nitrogen and oxygen atoms in total. The third-order valence-corrected chi connectivity index (χ3v) is 1.68. The second-order valence-corrected chi connectivity index (χ2v) is 2.86. The molecule has 1 rings (SSSR count). The number of halogens is 1. The standard InChI is InChI=1S/C12H13FO/c1-2-6-12(13)10-14-9-11-7-4-3-5-8-11/h3-5,7-8,12H,9-10H2,1H3/t12-/m0/s1. The van der Waals surface area contributed by atoms with Gasteiger partial charge in [0.1, 0.15) is 0 Å². The van der Waals surface area contributed by atoms with Crippen molar-refractivity contribution >= 4 is 0 Å². The first-order chi connectivity index (χ1) is 6.83. The first kappa shape index (κ1) is 10.7. The molecule has 0 heterocycles. The van der Waals surface area contributed by atoms with E-state index in [0.717, 1.165) is 5.56 Å². The van der Waals surface area contributed by atoms with E-state index in [1.165, 1.54) is 0 Å². The molecule has 1 atom stereocenters. The molecule has 0 aliphatic heterocycles. The third-order valence-electron chi connectivity index (χ3n) is 1.68. The molecule has 0 amide bonds. The van der Waals surface area contributed by atoms with Gasteiger partial charge in [0, 0.05) is 0 Å². The highest BCUT2D eigenvalue weighted by Crippen LogP contribution is 2.01. The maximum atomic E-state index is 12.8. The molecule has 0 spiro atoms. The van der Waals surface area contributed by atoms with Gasteiger partial charge in [0.25, 0.3) is 0 Å². The van der Waals surface area contributed by atoms with Gasteiger partial charge in [0.15, 0.2) is 6.17 Å². The molecule has 1 aromatic carbocycles. The topological polar surface area (TPSA) is 9.23 Å². The molecule has 0 aliphatic rings. The summed E-state index contributed by atoms with van der Waals surface area (Å²) in [6.07, 6.45) is -1.18. The molecule has 0 aromatic heterocycles. The number of ether oxygens (including phenoxy) is 1. The van der Waals surface area contributed by atoms with Crippen LogP contribution in [0.4, 0.5) is 4.39 Å². The molecule has 74 valence electrons. The Kier molecular flexibility index (Phi) is 4.74. The van der Waals surface area contributed by atoms with E-state index >= 15 is 0 Å². The number of rotatable bonds is 4. The molecule has 0 aliphatic carbocycles. The molecular weight excluding hydrogens is 179 g/mol. The van der Waals surface area contributed by atoms with Gasteiger partial charge in [-0.05, 0) is 12.5 Å². The Morgan fingerprint density at radius 3 is 2.71 bits per heavy atom.